The first-order valence-electron chi connectivity index (χ1n) is 10.2. The maximum atomic E-state index is 13.7. The predicted molar refractivity (Wildman–Crippen MR) is 125 cm³/mol. The molecule has 0 saturated carbocycles. The maximum absolute atomic E-state index is 13.7. The fourth-order valence-electron chi connectivity index (χ4n) is 3.97. The number of carbonyl (C=O) groups is 1. The number of hydrogen-bond donors (Lipinski definition) is 2. The summed E-state index contributed by atoms with van der Waals surface area (Å²) in [6, 6.07) is 25.0. The van der Waals surface area contributed by atoms with Gasteiger partial charge in [-0.05, 0) is 48.9 Å². The smallest absolute Gasteiger partial charge is 0.244 e. The fraction of sp³-hybridized carbons (Fsp3) is 0.120. The number of amidine groups is 1. The van der Waals surface area contributed by atoms with Crippen LogP contribution in [0.1, 0.15) is 18.4 Å². The van der Waals surface area contributed by atoms with E-state index in [1.807, 2.05) is 85.8 Å². The van der Waals surface area contributed by atoms with E-state index < -0.39 is 5.92 Å². The zero-order chi connectivity index (χ0) is 21.4. The Morgan fingerprint density at radius 1 is 1.00 bits per heavy atom. The lowest BCUT2D eigenvalue weighted by atomic mass is 9.93. The summed E-state index contributed by atoms with van der Waals surface area (Å²) >= 11 is 1.57. The van der Waals surface area contributed by atoms with E-state index in [4.69, 9.17) is 10.1 Å². The van der Waals surface area contributed by atoms with Crippen LogP contribution >= 0.6 is 11.8 Å². The second-order valence-corrected chi connectivity index (χ2v) is 8.31. The van der Waals surface area contributed by atoms with Gasteiger partial charge in [-0.25, -0.2) is 0 Å². The number of fused-ring (bicyclic) bond motifs is 1. The van der Waals surface area contributed by atoms with Crippen molar-refractivity contribution in [3.8, 4) is 5.75 Å². The van der Waals surface area contributed by atoms with Gasteiger partial charge in [-0.15, -0.1) is 0 Å². The molecule has 0 spiro atoms. The number of rotatable bonds is 4. The molecule has 6 heteroatoms. The third kappa shape index (κ3) is 3.39. The Morgan fingerprint density at radius 3 is 2.42 bits per heavy atom. The number of anilines is 2. The van der Waals surface area contributed by atoms with Crippen molar-refractivity contribution in [1.82, 2.24) is 0 Å². The number of carbonyl (C=O) groups excluding carboxylic acids is 1. The van der Waals surface area contributed by atoms with Gasteiger partial charge in [0, 0.05) is 10.5 Å². The fourth-order valence-corrected chi connectivity index (χ4v) is 5.05. The van der Waals surface area contributed by atoms with Gasteiger partial charge in [0.2, 0.25) is 5.91 Å². The molecule has 0 radical (unpaired) electrons. The highest BCUT2D eigenvalue weighted by Gasteiger charge is 2.45. The second-order valence-electron chi connectivity index (χ2n) is 7.26. The number of amides is 1. The van der Waals surface area contributed by atoms with Crippen molar-refractivity contribution in [1.29, 1.82) is 5.41 Å². The van der Waals surface area contributed by atoms with E-state index in [9.17, 15) is 4.79 Å². The van der Waals surface area contributed by atoms with Crippen molar-refractivity contribution in [3.63, 3.8) is 0 Å². The molecule has 0 bridgehead atoms. The van der Waals surface area contributed by atoms with Gasteiger partial charge in [-0.2, -0.15) is 0 Å². The molecule has 31 heavy (non-hydrogen) atoms. The van der Waals surface area contributed by atoms with E-state index in [2.05, 4.69) is 5.32 Å². The Labute approximate surface area is 185 Å². The molecule has 3 aromatic carbocycles. The van der Waals surface area contributed by atoms with Crippen molar-refractivity contribution < 1.29 is 9.53 Å². The summed E-state index contributed by atoms with van der Waals surface area (Å²) in [4.78, 5) is 16.2. The zero-order valence-corrected chi connectivity index (χ0v) is 17.8. The number of nitrogens with one attached hydrogen (secondary N) is 2. The summed E-state index contributed by atoms with van der Waals surface area (Å²) < 4.78 is 5.53. The molecule has 5 nitrogen and oxygen atoms in total. The molecule has 2 heterocycles. The van der Waals surface area contributed by atoms with Crippen LogP contribution in [-0.2, 0) is 4.79 Å². The van der Waals surface area contributed by atoms with Crippen LogP contribution in [0.25, 0.3) is 0 Å². The molecule has 3 aromatic rings. The highest BCUT2D eigenvalue weighted by Crippen LogP contribution is 2.48. The summed E-state index contributed by atoms with van der Waals surface area (Å²) in [5.41, 5.74) is 3.25. The largest absolute Gasteiger partial charge is 0.494 e. The minimum absolute atomic E-state index is 0.124. The Morgan fingerprint density at radius 2 is 1.71 bits per heavy atom. The molecule has 1 amide bonds. The SMILES string of the molecule is CCOc1ccc(N2C(=N)/C(=C3/Nc4ccccc4S3)[C@H](c3ccccc3)C2=O)cc1. The average Bonchev–Trinajstić information content (AvgIpc) is 3.33. The minimum Gasteiger partial charge on any atom is -0.494 e. The highest BCUT2D eigenvalue weighted by molar-refractivity contribution is 8.03. The third-order valence-electron chi connectivity index (χ3n) is 5.37. The highest BCUT2D eigenvalue weighted by atomic mass is 32.2. The number of para-hydroxylation sites is 1. The lowest BCUT2D eigenvalue weighted by molar-refractivity contribution is -0.117. The van der Waals surface area contributed by atoms with Crippen molar-refractivity contribution in [2.75, 3.05) is 16.8 Å². The van der Waals surface area contributed by atoms with Gasteiger partial charge in [0.15, 0.2) is 0 Å². The van der Waals surface area contributed by atoms with Crippen LogP contribution < -0.4 is 15.0 Å². The van der Waals surface area contributed by atoms with Gasteiger partial charge in [0.1, 0.15) is 11.6 Å². The first kappa shape index (κ1) is 19.5. The predicted octanol–water partition coefficient (Wildman–Crippen LogP) is 5.62. The number of benzene rings is 3. The first-order chi connectivity index (χ1) is 15.2. The number of thioether (sulfide) groups is 1. The van der Waals surface area contributed by atoms with E-state index in [1.54, 1.807) is 11.8 Å². The van der Waals surface area contributed by atoms with E-state index in [0.717, 1.165) is 26.9 Å². The Hall–Kier alpha value is -3.51. The number of ether oxygens (including phenoxy) is 1. The van der Waals surface area contributed by atoms with E-state index in [1.165, 1.54) is 4.90 Å². The van der Waals surface area contributed by atoms with Crippen molar-refractivity contribution in [3.05, 3.63) is 95.0 Å². The molecular formula is C25H21N3O2S. The van der Waals surface area contributed by atoms with Gasteiger partial charge < -0.3 is 10.1 Å². The maximum Gasteiger partial charge on any atom is 0.244 e. The van der Waals surface area contributed by atoms with E-state index >= 15 is 0 Å². The summed E-state index contributed by atoms with van der Waals surface area (Å²) in [7, 11) is 0. The van der Waals surface area contributed by atoms with Crippen LogP contribution in [0.3, 0.4) is 0 Å². The molecule has 0 aliphatic carbocycles. The Kier molecular flexibility index (Phi) is 5.00. The first-order valence-corrected chi connectivity index (χ1v) is 11.0. The van der Waals surface area contributed by atoms with E-state index in [0.29, 0.717) is 17.9 Å². The quantitative estimate of drug-likeness (QED) is 0.567. The molecule has 2 aliphatic heterocycles. The molecule has 1 atom stereocenters. The van der Waals surface area contributed by atoms with Crippen LogP contribution in [-0.4, -0.2) is 18.3 Å². The van der Waals surface area contributed by atoms with Gasteiger partial charge in [-0.3, -0.25) is 15.1 Å². The summed E-state index contributed by atoms with van der Waals surface area (Å²) in [5, 5.41) is 13.2. The molecule has 2 aliphatic rings. The Balaban J connectivity index is 1.60. The lowest BCUT2D eigenvalue weighted by Crippen LogP contribution is -2.29. The summed E-state index contributed by atoms with van der Waals surface area (Å²) in [6.45, 7) is 2.51. The molecule has 1 fully saturated rings. The zero-order valence-electron chi connectivity index (χ0n) is 17.0. The van der Waals surface area contributed by atoms with Crippen LogP contribution in [0, 0.1) is 5.41 Å². The van der Waals surface area contributed by atoms with Gasteiger partial charge in [0.25, 0.3) is 0 Å². The van der Waals surface area contributed by atoms with Crippen LogP contribution in [0.5, 0.6) is 5.75 Å². The molecule has 0 unspecified atom stereocenters. The second kappa shape index (κ2) is 7.96. The van der Waals surface area contributed by atoms with Crippen molar-refractivity contribution >= 4 is 34.9 Å². The van der Waals surface area contributed by atoms with Gasteiger partial charge >= 0.3 is 0 Å². The molecule has 154 valence electrons. The van der Waals surface area contributed by atoms with Crippen LogP contribution in [0.2, 0.25) is 0 Å². The number of hydrogen-bond acceptors (Lipinski definition) is 5. The van der Waals surface area contributed by atoms with E-state index in [-0.39, 0.29) is 11.7 Å². The number of nitrogens with zero attached hydrogens (tertiary/aromatic N) is 1. The molecule has 0 aromatic heterocycles. The standard InChI is InChI=1S/C25H21N3O2S/c1-2-30-18-14-12-17(13-15-18)28-23(26)22(21(25(28)29)16-8-4-3-5-9-16)24-27-19-10-6-7-11-20(19)31-24/h3-15,21,26-27H,2H2,1H3/b24-22-,26-23?/t21-/m0/s1. The van der Waals surface area contributed by atoms with Crippen molar-refractivity contribution in [2.45, 2.75) is 17.7 Å². The molecular weight excluding hydrogens is 406 g/mol. The summed E-state index contributed by atoms with van der Waals surface area (Å²) in [5.74, 6) is 0.280. The third-order valence-corrected chi connectivity index (χ3v) is 6.47. The topological polar surface area (TPSA) is 65.4 Å². The van der Waals surface area contributed by atoms with Gasteiger partial charge in [-0.1, -0.05) is 54.2 Å². The summed E-state index contributed by atoms with van der Waals surface area (Å²) in [6.07, 6.45) is 0. The Bertz CT molecular complexity index is 1160. The average molecular weight is 428 g/mol. The van der Waals surface area contributed by atoms with Crippen LogP contribution in [0.4, 0.5) is 11.4 Å². The normalized spacial score (nSPS) is 20.0. The molecule has 5 rings (SSSR count). The van der Waals surface area contributed by atoms with Crippen molar-refractivity contribution in [2.24, 2.45) is 0 Å². The lowest BCUT2D eigenvalue weighted by Gasteiger charge is -2.17. The van der Waals surface area contributed by atoms with Gasteiger partial charge in [0.05, 0.1) is 28.9 Å². The monoisotopic (exact) mass is 427 g/mol. The molecule has 2 N–H and O–H groups in total. The molecule has 1 saturated heterocycles. The van der Waals surface area contributed by atoms with Crippen LogP contribution in [0.15, 0.2) is 94.4 Å². The minimum atomic E-state index is -0.537.